The van der Waals surface area contributed by atoms with Crippen molar-refractivity contribution in [2.75, 3.05) is 44.4 Å². The fraction of sp³-hybridized carbons (Fsp3) is 0.667. The fourth-order valence-electron chi connectivity index (χ4n) is 1.87. The van der Waals surface area contributed by atoms with Crippen molar-refractivity contribution in [2.45, 2.75) is 26.3 Å². The number of hydrogen-bond acceptors (Lipinski definition) is 11. The number of nitrogens with zero attached hydrogens (tertiary/aromatic N) is 4. The van der Waals surface area contributed by atoms with E-state index in [9.17, 15) is 0 Å². The fourth-order valence-corrected chi connectivity index (χ4v) is 2.39. The highest BCUT2D eigenvalue weighted by Gasteiger charge is 2.20. The zero-order chi connectivity index (χ0) is 21.2. The van der Waals surface area contributed by atoms with E-state index in [1.807, 2.05) is 20.8 Å². The molecule has 158 valence electrons. The molecule has 28 heavy (non-hydrogen) atoms. The number of ether oxygens (including phenoxy) is 2. The van der Waals surface area contributed by atoms with E-state index in [-0.39, 0.29) is 12.1 Å². The van der Waals surface area contributed by atoms with Crippen molar-refractivity contribution in [3.63, 3.8) is 0 Å². The van der Waals surface area contributed by atoms with Gasteiger partial charge >= 0.3 is 11.9 Å². The van der Waals surface area contributed by atoms with Crippen LogP contribution in [0.1, 0.15) is 20.8 Å². The molecule has 1 aliphatic heterocycles. The van der Waals surface area contributed by atoms with Crippen LogP contribution in [0.15, 0.2) is 5.16 Å². The topological polar surface area (TPSA) is 167 Å². The minimum absolute atomic E-state index is 0.0584. The molecule has 1 aromatic rings. The summed E-state index contributed by atoms with van der Waals surface area (Å²) in [5.41, 5.74) is 0.452. The Morgan fingerprint density at radius 1 is 1.25 bits per heavy atom. The van der Waals surface area contributed by atoms with Crippen molar-refractivity contribution in [3.8, 4) is 5.88 Å². The SMILES string of the molecule is CC(C)(C)NC/C(COc1nsnc1N1CCOCC1)=N\O.O=C(O)C(=O)O. The molecule has 12 nitrogen and oxygen atoms in total. The second-order valence-electron chi connectivity index (χ2n) is 6.66. The lowest BCUT2D eigenvalue weighted by Gasteiger charge is -2.26. The molecule has 4 N–H and O–H groups in total. The number of anilines is 1. The largest absolute Gasteiger partial charge is 0.473 e. The Hall–Kier alpha value is -2.51. The van der Waals surface area contributed by atoms with E-state index in [0.29, 0.717) is 31.4 Å². The van der Waals surface area contributed by atoms with Gasteiger partial charge in [-0.05, 0) is 20.8 Å². The van der Waals surface area contributed by atoms with Gasteiger partial charge < -0.3 is 35.1 Å². The minimum Gasteiger partial charge on any atom is -0.473 e. The van der Waals surface area contributed by atoms with Crippen LogP contribution in [0.4, 0.5) is 5.82 Å². The molecular weight excluding hydrogens is 394 g/mol. The van der Waals surface area contributed by atoms with E-state index in [2.05, 4.69) is 24.1 Å². The number of carboxylic acid groups (broad SMARTS) is 2. The smallest absolute Gasteiger partial charge is 0.414 e. The Bertz CT molecular complexity index is 656. The molecule has 1 fully saturated rings. The van der Waals surface area contributed by atoms with Gasteiger partial charge in [0.2, 0.25) is 5.82 Å². The van der Waals surface area contributed by atoms with Crippen molar-refractivity contribution >= 4 is 35.2 Å². The summed E-state index contributed by atoms with van der Waals surface area (Å²) in [5, 5.41) is 30.4. The lowest BCUT2D eigenvalue weighted by Crippen LogP contribution is -2.40. The van der Waals surface area contributed by atoms with Crippen LogP contribution in [0.5, 0.6) is 5.88 Å². The average molecular weight is 419 g/mol. The van der Waals surface area contributed by atoms with E-state index >= 15 is 0 Å². The quantitative estimate of drug-likeness (QED) is 0.214. The molecule has 1 aliphatic rings. The monoisotopic (exact) mass is 419 g/mol. The number of nitrogens with one attached hydrogen (secondary N) is 1. The number of carbonyl (C=O) groups is 2. The van der Waals surface area contributed by atoms with Crippen LogP contribution in [0, 0.1) is 0 Å². The van der Waals surface area contributed by atoms with E-state index in [1.165, 1.54) is 0 Å². The molecule has 0 atom stereocenters. The van der Waals surface area contributed by atoms with E-state index in [0.717, 1.165) is 30.6 Å². The molecule has 1 aromatic heterocycles. The summed E-state index contributed by atoms with van der Waals surface area (Å²) < 4.78 is 19.5. The van der Waals surface area contributed by atoms with Gasteiger partial charge in [-0.3, -0.25) is 0 Å². The summed E-state index contributed by atoms with van der Waals surface area (Å²) in [4.78, 5) is 20.3. The van der Waals surface area contributed by atoms with Gasteiger partial charge in [-0.2, -0.15) is 4.37 Å². The van der Waals surface area contributed by atoms with Gasteiger partial charge in [-0.1, -0.05) is 5.16 Å². The third kappa shape index (κ3) is 8.92. The maximum absolute atomic E-state index is 9.10. The van der Waals surface area contributed by atoms with Crippen LogP contribution in [0.2, 0.25) is 0 Å². The summed E-state index contributed by atoms with van der Waals surface area (Å²) in [5.74, 6) is -2.44. The predicted molar refractivity (Wildman–Crippen MR) is 101 cm³/mol. The van der Waals surface area contributed by atoms with Crippen LogP contribution in [-0.4, -0.2) is 86.8 Å². The molecule has 13 heteroatoms. The Labute approximate surface area is 166 Å². The first-order valence-corrected chi connectivity index (χ1v) is 9.06. The maximum atomic E-state index is 9.10. The standard InChI is InChI=1S/C13H23N5O3S.C2H2O4/c1-13(2,3)14-8-10(15-19)9-21-12-11(16-22-17-12)18-4-6-20-7-5-18;3-1(4)2(5)6/h14,19H,4-9H2,1-3H3;(H,3,4)(H,5,6)/b15-10+;. The lowest BCUT2D eigenvalue weighted by molar-refractivity contribution is -0.159. The number of aliphatic carboxylic acids is 2. The Morgan fingerprint density at radius 3 is 2.36 bits per heavy atom. The molecule has 0 spiro atoms. The van der Waals surface area contributed by atoms with Gasteiger partial charge in [-0.25, -0.2) is 9.59 Å². The molecule has 2 heterocycles. The van der Waals surface area contributed by atoms with Gasteiger partial charge in [0.25, 0.3) is 5.88 Å². The zero-order valence-corrected chi connectivity index (χ0v) is 16.7. The summed E-state index contributed by atoms with van der Waals surface area (Å²) in [7, 11) is 0. The van der Waals surface area contributed by atoms with Gasteiger partial charge in [0.05, 0.1) is 24.9 Å². The van der Waals surface area contributed by atoms with E-state index in [4.69, 9.17) is 34.5 Å². The number of oxime groups is 1. The summed E-state index contributed by atoms with van der Waals surface area (Å²) in [6, 6.07) is 0. The number of carboxylic acids is 2. The maximum Gasteiger partial charge on any atom is 0.414 e. The molecule has 0 saturated carbocycles. The van der Waals surface area contributed by atoms with Crippen LogP contribution < -0.4 is 15.0 Å². The molecule has 1 saturated heterocycles. The second kappa shape index (κ2) is 11.4. The van der Waals surface area contributed by atoms with Crippen molar-refractivity contribution in [1.29, 1.82) is 0 Å². The molecule has 0 aromatic carbocycles. The Kier molecular flexibility index (Phi) is 9.55. The molecule has 0 aliphatic carbocycles. The average Bonchev–Trinajstić information content (AvgIpc) is 3.11. The first-order valence-electron chi connectivity index (χ1n) is 8.33. The van der Waals surface area contributed by atoms with Gasteiger partial charge in [-0.15, -0.1) is 4.37 Å². The molecule has 0 radical (unpaired) electrons. The van der Waals surface area contributed by atoms with Crippen LogP contribution >= 0.6 is 11.7 Å². The minimum atomic E-state index is -1.82. The predicted octanol–water partition coefficient (Wildman–Crippen LogP) is 0.127. The normalized spacial score (nSPS) is 14.8. The number of hydrogen-bond donors (Lipinski definition) is 4. The van der Waals surface area contributed by atoms with Crippen molar-refractivity contribution in [1.82, 2.24) is 14.1 Å². The van der Waals surface area contributed by atoms with Gasteiger partial charge in [0.15, 0.2) is 0 Å². The van der Waals surface area contributed by atoms with Crippen LogP contribution in [0.3, 0.4) is 0 Å². The zero-order valence-electron chi connectivity index (χ0n) is 15.9. The van der Waals surface area contributed by atoms with Crippen LogP contribution in [0.25, 0.3) is 0 Å². The highest BCUT2D eigenvalue weighted by molar-refractivity contribution is 6.99. The first kappa shape index (κ1) is 23.5. The number of rotatable bonds is 6. The molecule has 0 unspecified atom stereocenters. The summed E-state index contributed by atoms with van der Waals surface area (Å²) in [6.45, 7) is 9.65. The van der Waals surface area contributed by atoms with Gasteiger partial charge in [0, 0.05) is 25.2 Å². The second-order valence-corrected chi connectivity index (χ2v) is 7.19. The summed E-state index contributed by atoms with van der Waals surface area (Å²) in [6.07, 6.45) is 0. The summed E-state index contributed by atoms with van der Waals surface area (Å²) >= 11 is 1.11. The Balaban J connectivity index is 0.000000568. The van der Waals surface area contributed by atoms with Gasteiger partial charge in [0.1, 0.15) is 12.3 Å². The number of aromatic nitrogens is 2. The molecule has 0 amide bonds. The van der Waals surface area contributed by atoms with E-state index in [1.54, 1.807) is 0 Å². The lowest BCUT2D eigenvalue weighted by atomic mass is 10.1. The Morgan fingerprint density at radius 2 is 1.86 bits per heavy atom. The highest BCUT2D eigenvalue weighted by atomic mass is 32.1. The van der Waals surface area contributed by atoms with Crippen molar-refractivity contribution < 1.29 is 34.5 Å². The third-order valence-corrected chi connectivity index (χ3v) is 3.78. The molecule has 0 bridgehead atoms. The first-order chi connectivity index (χ1) is 13.1. The number of morpholine rings is 1. The highest BCUT2D eigenvalue weighted by Crippen LogP contribution is 2.26. The van der Waals surface area contributed by atoms with Crippen LogP contribution in [-0.2, 0) is 14.3 Å². The van der Waals surface area contributed by atoms with E-state index < -0.39 is 11.9 Å². The van der Waals surface area contributed by atoms with Crippen molar-refractivity contribution in [2.24, 2.45) is 5.16 Å². The van der Waals surface area contributed by atoms with Crippen molar-refractivity contribution in [3.05, 3.63) is 0 Å². The molecular formula is C15H25N5O7S. The molecule has 2 rings (SSSR count). The third-order valence-electron chi connectivity index (χ3n) is 3.28.